The van der Waals surface area contributed by atoms with Crippen LogP contribution in [0.5, 0.6) is 0 Å². The van der Waals surface area contributed by atoms with Crippen molar-refractivity contribution >= 4 is 27.3 Å². The van der Waals surface area contributed by atoms with E-state index in [9.17, 15) is 13.2 Å². The first-order valence-corrected chi connectivity index (χ1v) is 7.71. The zero-order chi connectivity index (χ0) is 13.9. The zero-order valence-electron chi connectivity index (χ0n) is 10.5. The van der Waals surface area contributed by atoms with Gasteiger partial charge in [-0.05, 0) is 24.6 Å². The van der Waals surface area contributed by atoms with Crippen LogP contribution in [-0.4, -0.2) is 37.5 Å². The van der Waals surface area contributed by atoms with Gasteiger partial charge < -0.3 is 11.1 Å². The maximum atomic E-state index is 11.7. The maximum absolute atomic E-state index is 11.7. The van der Waals surface area contributed by atoms with Crippen LogP contribution < -0.4 is 11.1 Å². The molecule has 2 rings (SSSR count). The molecule has 19 heavy (non-hydrogen) atoms. The summed E-state index contributed by atoms with van der Waals surface area (Å²) in [5.41, 5.74) is 6.79. The molecule has 0 unspecified atom stereocenters. The topological polar surface area (TPSA) is 92.5 Å². The Bertz CT molecular complexity index is 571. The van der Waals surface area contributed by atoms with E-state index in [0.717, 1.165) is 0 Å². The highest BCUT2D eigenvalue weighted by atomic mass is 32.2. The number of nitrogens with one attached hydrogen (secondary N) is 1. The number of nitrogen functional groups attached to an aromatic ring is 1. The smallest absolute Gasteiger partial charge is 0.225 e. The van der Waals surface area contributed by atoms with Gasteiger partial charge in [-0.1, -0.05) is 6.07 Å². The number of hydrogen-bond donors (Lipinski definition) is 2. The fourth-order valence-corrected chi connectivity index (χ4v) is 3.54. The average Bonchev–Trinajstić information content (AvgIpc) is 2.66. The number of anilines is 2. The van der Waals surface area contributed by atoms with Crippen molar-refractivity contribution in [2.45, 2.75) is 12.8 Å². The van der Waals surface area contributed by atoms with Gasteiger partial charge in [0.05, 0.1) is 5.75 Å². The highest BCUT2D eigenvalue weighted by molar-refractivity contribution is 7.89. The van der Waals surface area contributed by atoms with E-state index in [4.69, 9.17) is 5.73 Å². The second kappa shape index (κ2) is 5.58. The molecule has 0 aromatic heterocycles. The minimum Gasteiger partial charge on any atom is -0.399 e. The summed E-state index contributed by atoms with van der Waals surface area (Å²) < 4.78 is 24.5. The first-order valence-electron chi connectivity index (χ1n) is 6.10. The molecule has 6 nitrogen and oxygen atoms in total. The molecule has 0 radical (unpaired) electrons. The summed E-state index contributed by atoms with van der Waals surface area (Å²) in [5, 5.41) is 2.69. The molecule has 1 heterocycles. The summed E-state index contributed by atoms with van der Waals surface area (Å²) in [6.45, 7) is 0.740. The lowest BCUT2D eigenvalue weighted by Gasteiger charge is -2.13. The Morgan fingerprint density at radius 3 is 2.84 bits per heavy atom. The Morgan fingerprint density at radius 2 is 2.21 bits per heavy atom. The Hall–Kier alpha value is -1.60. The molecular weight excluding hydrogens is 266 g/mol. The van der Waals surface area contributed by atoms with Crippen LogP contribution in [0.15, 0.2) is 24.3 Å². The number of carbonyl (C=O) groups excluding carboxylic acids is 1. The highest BCUT2D eigenvalue weighted by Crippen LogP contribution is 2.15. The third-order valence-electron chi connectivity index (χ3n) is 2.96. The lowest BCUT2D eigenvalue weighted by atomic mass is 10.2. The van der Waals surface area contributed by atoms with Gasteiger partial charge in [0.15, 0.2) is 0 Å². The van der Waals surface area contributed by atoms with Gasteiger partial charge in [-0.3, -0.25) is 4.79 Å². The number of hydrogen-bond acceptors (Lipinski definition) is 4. The van der Waals surface area contributed by atoms with E-state index >= 15 is 0 Å². The Morgan fingerprint density at radius 1 is 1.42 bits per heavy atom. The number of nitrogens with two attached hydrogens (primary N) is 1. The summed E-state index contributed by atoms with van der Waals surface area (Å²) in [6.07, 6.45) is 0.785. The van der Waals surface area contributed by atoms with Crippen molar-refractivity contribution in [1.82, 2.24) is 4.31 Å². The molecule has 104 valence electrons. The van der Waals surface area contributed by atoms with Gasteiger partial charge in [0, 0.05) is 30.9 Å². The van der Waals surface area contributed by atoms with E-state index in [1.165, 1.54) is 4.31 Å². The summed E-state index contributed by atoms with van der Waals surface area (Å²) in [6, 6.07) is 6.87. The molecule has 1 saturated heterocycles. The van der Waals surface area contributed by atoms with Crippen molar-refractivity contribution in [1.29, 1.82) is 0 Å². The van der Waals surface area contributed by atoms with Gasteiger partial charge in [0.1, 0.15) is 0 Å². The molecule has 7 heteroatoms. The summed E-state index contributed by atoms with van der Waals surface area (Å²) in [4.78, 5) is 11.7. The van der Waals surface area contributed by atoms with Crippen LogP contribution in [-0.2, 0) is 14.8 Å². The van der Waals surface area contributed by atoms with Crippen LogP contribution in [0.2, 0.25) is 0 Å². The normalized spacial score (nSPS) is 18.3. The average molecular weight is 283 g/mol. The maximum Gasteiger partial charge on any atom is 0.225 e. The standard InChI is InChI=1S/C12H17N3O3S/c13-10-3-1-4-11(9-10)14-12(16)5-7-15-6-2-8-19(15,17)18/h1,3-4,9H,2,5-8,13H2,(H,14,16). The SMILES string of the molecule is Nc1cccc(NC(=O)CCN2CCCS2(=O)=O)c1. The summed E-state index contributed by atoms with van der Waals surface area (Å²) in [7, 11) is -3.13. The first kappa shape index (κ1) is 13.8. The van der Waals surface area contributed by atoms with Crippen molar-refractivity contribution < 1.29 is 13.2 Å². The lowest BCUT2D eigenvalue weighted by Crippen LogP contribution is -2.29. The molecule has 1 aliphatic rings. The van der Waals surface area contributed by atoms with Gasteiger partial charge in [-0.15, -0.1) is 0 Å². The van der Waals surface area contributed by atoms with Crippen molar-refractivity contribution in [3.05, 3.63) is 24.3 Å². The minimum absolute atomic E-state index is 0.147. The predicted octanol–water partition coefficient (Wildman–Crippen LogP) is 0.633. The number of carbonyl (C=O) groups is 1. The predicted molar refractivity (Wildman–Crippen MR) is 74.1 cm³/mol. The molecule has 1 fully saturated rings. The van der Waals surface area contributed by atoms with Crippen LogP contribution in [0.4, 0.5) is 11.4 Å². The van der Waals surface area contributed by atoms with Crippen LogP contribution >= 0.6 is 0 Å². The molecule has 1 aliphatic heterocycles. The van der Waals surface area contributed by atoms with Gasteiger partial charge in [0.2, 0.25) is 15.9 Å². The minimum atomic E-state index is -3.13. The molecule has 0 atom stereocenters. The molecule has 1 amide bonds. The summed E-state index contributed by atoms with van der Waals surface area (Å²) in [5.74, 6) is -0.0307. The largest absolute Gasteiger partial charge is 0.399 e. The third kappa shape index (κ3) is 3.68. The number of benzene rings is 1. The van der Waals surface area contributed by atoms with Crippen LogP contribution in [0.1, 0.15) is 12.8 Å². The monoisotopic (exact) mass is 283 g/mol. The van der Waals surface area contributed by atoms with Gasteiger partial charge in [-0.25, -0.2) is 12.7 Å². The molecular formula is C12H17N3O3S. The fourth-order valence-electron chi connectivity index (χ4n) is 2.01. The fraction of sp³-hybridized carbons (Fsp3) is 0.417. The zero-order valence-corrected chi connectivity index (χ0v) is 11.3. The number of sulfonamides is 1. The second-order valence-corrected chi connectivity index (χ2v) is 6.58. The van der Waals surface area contributed by atoms with Gasteiger partial charge in [-0.2, -0.15) is 0 Å². The number of rotatable bonds is 4. The quantitative estimate of drug-likeness (QED) is 0.793. The van der Waals surface area contributed by atoms with E-state index < -0.39 is 10.0 Å². The van der Waals surface area contributed by atoms with Crippen LogP contribution in [0, 0.1) is 0 Å². The van der Waals surface area contributed by atoms with Crippen molar-refractivity contribution in [2.24, 2.45) is 0 Å². The Labute approximate surface area is 112 Å². The van der Waals surface area contributed by atoms with E-state index in [0.29, 0.717) is 24.3 Å². The Kier molecular flexibility index (Phi) is 4.06. The molecule has 1 aromatic rings. The van der Waals surface area contributed by atoms with Crippen molar-refractivity contribution in [3.63, 3.8) is 0 Å². The van der Waals surface area contributed by atoms with Gasteiger partial charge >= 0.3 is 0 Å². The van der Waals surface area contributed by atoms with Crippen LogP contribution in [0.25, 0.3) is 0 Å². The second-order valence-electron chi connectivity index (χ2n) is 4.49. The number of amides is 1. The molecule has 0 spiro atoms. The van der Waals surface area contributed by atoms with E-state index in [1.807, 2.05) is 0 Å². The van der Waals surface area contributed by atoms with Crippen molar-refractivity contribution in [3.8, 4) is 0 Å². The molecule has 0 bridgehead atoms. The van der Waals surface area contributed by atoms with Crippen molar-refractivity contribution in [2.75, 3.05) is 29.9 Å². The van der Waals surface area contributed by atoms with E-state index in [-0.39, 0.29) is 24.6 Å². The number of nitrogens with zero attached hydrogens (tertiary/aromatic N) is 1. The van der Waals surface area contributed by atoms with E-state index in [1.54, 1.807) is 24.3 Å². The molecule has 0 saturated carbocycles. The molecule has 3 N–H and O–H groups in total. The van der Waals surface area contributed by atoms with Gasteiger partial charge in [0.25, 0.3) is 0 Å². The van der Waals surface area contributed by atoms with E-state index in [2.05, 4.69) is 5.32 Å². The summed E-state index contributed by atoms with van der Waals surface area (Å²) >= 11 is 0. The van der Waals surface area contributed by atoms with Crippen LogP contribution in [0.3, 0.4) is 0 Å². The third-order valence-corrected chi connectivity index (χ3v) is 4.92. The lowest BCUT2D eigenvalue weighted by molar-refractivity contribution is -0.116. The molecule has 1 aromatic carbocycles. The molecule has 0 aliphatic carbocycles. The first-order chi connectivity index (χ1) is 8.97. The highest BCUT2D eigenvalue weighted by Gasteiger charge is 2.28. The Balaban J connectivity index is 1.85.